The summed E-state index contributed by atoms with van der Waals surface area (Å²) in [6.07, 6.45) is -8.20. The van der Waals surface area contributed by atoms with Crippen molar-refractivity contribution in [3.8, 4) is 39.1 Å². The van der Waals surface area contributed by atoms with Gasteiger partial charge in [-0.15, -0.1) is 22.7 Å². The molecule has 1 unspecified atom stereocenters. The number of nitrogens with zero attached hydrogens (tertiary/aromatic N) is 1. The molecule has 1 aliphatic rings. The van der Waals surface area contributed by atoms with Gasteiger partial charge in [-0.05, 0) is 140 Å². The number of rotatable bonds is 6. The van der Waals surface area contributed by atoms with Gasteiger partial charge in [0.05, 0.1) is 27.8 Å². The van der Waals surface area contributed by atoms with E-state index in [1.165, 1.54) is 50.0 Å². The number of hydrogen-bond acceptors (Lipinski definition) is 2. The standard InChI is InChI=1S/C65H47F6NS2/c1-35(2)55-57(37-15-13-17-39(33-37)64(66,67)68)61(46-28-27-45-43(41-19-5-6-20-42(41)46)29-31-53-59(45)48-22-8-11-25-51(48)73-53)58(38-16-14-18-40(34-38)65(69,70)71)56(36(3)4)63(55)72-50-24-10-7-21-44(50)47-30-32-54-60(62(47)72)49-23-9-12-26-52(49)74-54/h5-26,29-36,46H,27-28H2,1-4H3. The summed E-state index contributed by atoms with van der Waals surface area (Å²) in [5.74, 6) is -1.08. The summed E-state index contributed by atoms with van der Waals surface area (Å²) in [7, 11) is 0. The van der Waals surface area contributed by atoms with Gasteiger partial charge < -0.3 is 4.57 Å². The van der Waals surface area contributed by atoms with Crippen LogP contribution in [-0.4, -0.2) is 4.57 Å². The number of fused-ring (bicyclic) bond motifs is 14. The van der Waals surface area contributed by atoms with Gasteiger partial charge in [0.25, 0.3) is 0 Å². The van der Waals surface area contributed by atoms with E-state index in [0.717, 1.165) is 93.2 Å². The third-order valence-electron chi connectivity index (χ3n) is 15.4. The first-order valence-electron chi connectivity index (χ1n) is 25.1. The Hall–Kier alpha value is -7.20. The fourth-order valence-corrected chi connectivity index (χ4v) is 14.8. The molecule has 0 bridgehead atoms. The van der Waals surface area contributed by atoms with Crippen LogP contribution in [0.2, 0.25) is 0 Å². The monoisotopic (exact) mass is 1020 g/mol. The molecule has 74 heavy (non-hydrogen) atoms. The first-order chi connectivity index (χ1) is 35.7. The van der Waals surface area contributed by atoms with Gasteiger partial charge in [-0.1, -0.05) is 143 Å². The molecule has 0 amide bonds. The van der Waals surface area contributed by atoms with Gasteiger partial charge in [0.15, 0.2) is 0 Å². The van der Waals surface area contributed by atoms with Crippen LogP contribution in [0, 0.1) is 0 Å². The van der Waals surface area contributed by atoms with Gasteiger partial charge in [0, 0.05) is 57.0 Å². The number of aromatic nitrogens is 1. The van der Waals surface area contributed by atoms with Crippen LogP contribution in [0.15, 0.2) is 170 Å². The molecule has 0 saturated carbocycles. The van der Waals surface area contributed by atoms with Crippen LogP contribution < -0.4 is 0 Å². The zero-order valence-corrected chi connectivity index (χ0v) is 42.5. The number of thiophene rings is 2. The number of benzene rings is 9. The molecule has 1 atom stereocenters. The van der Waals surface area contributed by atoms with Crippen LogP contribution in [-0.2, 0) is 18.8 Å². The van der Waals surface area contributed by atoms with E-state index >= 15 is 26.3 Å². The van der Waals surface area contributed by atoms with Gasteiger partial charge in [-0.25, -0.2) is 0 Å². The summed E-state index contributed by atoms with van der Waals surface area (Å²) < 4.78 is 98.5. The summed E-state index contributed by atoms with van der Waals surface area (Å²) in [6.45, 7) is 8.41. The number of para-hydroxylation sites is 1. The lowest BCUT2D eigenvalue weighted by atomic mass is 9.71. The molecule has 12 aromatic rings. The zero-order chi connectivity index (χ0) is 50.9. The fraction of sp³-hybridized carbons (Fsp3) is 0.169. The number of hydrogen-bond donors (Lipinski definition) is 0. The second-order valence-electron chi connectivity index (χ2n) is 20.3. The molecule has 3 heterocycles. The summed E-state index contributed by atoms with van der Waals surface area (Å²) in [5.41, 5.74) is 9.65. The van der Waals surface area contributed by atoms with Crippen molar-refractivity contribution < 1.29 is 26.3 Å². The lowest BCUT2D eigenvalue weighted by Crippen LogP contribution is -2.17. The molecular weight excluding hydrogens is 973 g/mol. The minimum atomic E-state index is -4.68. The molecular formula is C65H47F6NS2. The molecule has 0 N–H and O–H groups in total. The van der Waals surface area contributed by atoms with Crippen LogP contribution in [0.5, 0.6) is 0 Å². The van der Waals surface area contributed by atoms with Crippen molar-refractivity contribution in [2.45, 2.75) is 70.6 Å². The van der Waals surface area contributed by atoms with E-state index in [1.807, 2.05) is 36.4 Å². The Bertz CT molecular complexity index is 4170. The maximum atomic E-state index is 15.3. The molecule has 0 spiro atoms. The van der Waals surface area contributed by atoms with Crippen molar-refractivity contribution in [2.75, 3.05) is 0 Å². The minimum absolute atomic E-state index is 0.300. The Balaban J connectivity index is 1.26. The first-order valence-corrected chi connectivity index (χ1v) is 26.8. The smallest absolute Gasteiger partial charge is 0.308 e. The van der Waals surface area contributed by atoms with E-state index in [0.29, 0.717) is 35.1 Å². The van der Waals surface area contributed by atoms with Crippen molar-refractivity contribution in [2.24, 2.45) is 0 Å². The second kappa shape index (κ2) is 17.2. The third kappa shape index (κ3) is 7.17. The predicted molar refractivity (Wildman–Crippen MR) is 298 cm³/mol. The maximum Gasteiger partial charge on any atom is 0.416 e. The Labute approximate surface area is 432 Å². The average Bonchev–Trinajstić information content (AvgIpc) is 4.06. The predicted octanol–water partition coefficient (Wildman–Crippen LogP) is 20.9. The largest absolute Gasteiger partial charge is 0.416 e. The van der Waals surface area contributed by atoms with Crippen LogP contribution in [0.3, 0.4) is 0 Å². The molecule has 9 aromatic carbocycles. The van der Waals surface area contributed by atoms with E-state index in [-0.39, 0.29) is 11.8 Å². The number of halogens is 6. The summed E-state index contributed by atoms with van der Waals surface area (Å²) >= 11 is 3.46. The quantitative estimate of drug-likeness (QED) is 0.146. The van der Waals surface area contributed by atoms with Gasteiger partial charge in [-0.3, -0.25) is 0 Å². The molecule has 0 aliphatic heterocycles. The topological polar surface area (TPSA) is 4.93 Å². The number of aryl methyl sites for hydroxylation is 1. The molecule has 1 aliphatic carbocycles. The van der Waals surface area contributed by atoms with Crippen molar-refractivity contribution >= 4 is 84.8 Å². The fourth-order valence-electron chi connectivity index (χ4n) is 12.5. The van der Waals surface area contributed by atoms with Gasteiger partial charge in [0.1, 0.15) is 0 Å². The van der Waals surface area contributed by atoms with Crippen molar-refractivity contribution in [3.63, 3.8) is 0 Å². The van der Waals surface area contributed by atoms with Crippen molar-refractivity contribution in [1.82, 2.24) is 4.57 Å². The molecule has 1 nitrogen and oxygen atoms in total. The van der Waals surface area contributed by atoms with Crippen molar-refractivity contribution in [1.29, 1.82) is 0 Å². The van der Waals surface area contributed by atoms with Crippen molar-refractivity contribution in [3.05, 3.63) is 209 Å². The van der Waals surface area contributed by atoms with Crippen LogP contribution >= 0.6 is 22.7 Å². The van der Waals surface area contributed by atoms with Crippen LogP contribution in [0.25, 0.3) is 101 Å². The average molecular weight is 1020 g/mol. The minimum Gasteiger partial charge on any atom is -0.308 e. The van der Waals surface area contributed by atoms with E-state index in [1.54, 1.807) is 34.8 Å². The highest BCUT2D eigenvalue weighted by atomic mass is 32.1. The van der Waals surface area contributed by atoms with E-state index < -0.39 is 29.4 Å². The summed E-state index contributed by atoms with van der Waals surface area (Å²) in [5, 5.41) is 6.49. The Kier molecular flexibility index (Phi) is 10.8. The Morgan fingerprint density at radius 3 is 1.62 bits per heavy atom. The molecule has 0 saturated heterocycles. The highest BCUT2D eigenvalue weighted by Crippen LogP contribution is 2.57. The third-order valence-corrected chi connectivity index (χ3v) is 17.7. The van der Waals surface area contributed by atoms with Crippen LogP contribution in [0.1, 0.15) is 90.8 Å². The molecule has 13 rings (SSSR count). The lowest BCUT2D eigenvalue weighted by Gasteiger charge is -2.35. The normalized spacial score (nSPS) is 14.4. The molecule has 0 fully saturated rings. The van der Waals surface area contributed by atoms with Crippen LogP contribution in [0.4, 0.5) is 26.3 Å². The van der Waals surface area contributed by atoms with Gasteiger partial charge in [0.2, 0.25) is 0 Å². The first kappa shape index (κ1) is 46.6. The molecule has 3 aromatic heterocycles. The highest BCUT2D eigenvalue weighted by Gasteiger charge is 2.39. The second-order valence-corrected chi connectivity index (χ2v) is 22.5. The van der Waals surface area contributed by atoms with E-state index in [2.05, 4.69) is 117 Å². The number of alkyl halides is 6. The molecule has 0 radical (unpaired) electrons. The van der Waals surface area contributed by atoms with Gasteiger partial charge >= 0.3 is 12.4 Å². The van der Waals surface area contributed by atoms with E-state index in [4.69, 9.17) is 0 Å². The lowest BCUT2D eigenvalue weighted by molar-refractivity contribution is -0.138. The maximum absolute atomic E-state index is 15.3. The summed E-state index contributed by atoms with van der Waals surface area (Å²) in [4.78, 5) is 0. The van der Waals surface area contributed by atoms with E-state index in [9.17, 15) is 0 Å². The molecule has 9 heteroatoms. The molecule has 366 valence electrons. The SMILES string of the molecule is CC(C)c1c(-c2cccc(C(F)(F)F)c2)c(C2CCc3c(ccc4sc5ccccc5c34)-c3ccccc32)c(-c2cccc(C(F)(F)F)c2)c(C(C)C)c1-n1c2ccccc2c2ccc3sc4ccccc4c3c21. The summed E-state index contributed by atoms with van der Waals surface area (Å²) in [6, 6.07) is 53.3. The Morgan fingerprint density at radius 2 is 1.01 bits per heavy atom. The zero-order valence-electron chi connectivity index (χ0n) is 40.8. The Morgan fingerprint density at radius 1 is 0.486 bits per heavy atom. The highest BCUT2D eigenvalue weighted by molar-refractivity contribution is 7.26. The van der Waals surface area contributed by atoms with Gasteiger partial charge in [-0.2, -0.15) is 26.3 Å².